The lowest BCUT2D eigenvalue weighted by Gasteiger charge is -2.13. The molecule has 0 aliphatic carbocycles. The van der Waals surface area contributed by atoms with Gasteiger partial charge in [0, 0.05) is 5.69 Å². The van der Waals surface area contributed by atoms with Crippen molar-refractivity contribution in [2.24, 2.45) is 0 Å². The third kappa shape index (κ3) is 3.71. The number of aliphatic carboxylic acids is 1. The van der Waals surface area contributed by atoms with Gasteiger partial charge in [-0.15, -0.1) is 0 Å². The first-order valence-corrected chi connectivity index (χ1v) is 6.96. The Morgan fingerprint density at radius 2 is 1.94 bits per heavy atom. The normalized spacial score (nSPS) is 13.2. The average Bonchev–Trinajstić information content (AvgIpc) is 2.28. The number of benzene rings is 1. The molecule has 18 heavy (non-hydrogen) atoms. The van der Waals surface area contributed by atoms with Gasteiger partial charge in [0.25, 0.3) is 0 Å². The summed E-state index contributed by atoms with van der Waals surface area (Å²) in [5.41, 5.74) is 5.90. The molecule has 1 rings (SSSR count). The standard InChI is InChI=1S/C11H16N2O4S/c1-2-3-10(11(14)15)13-18(16,17)9-6-4-8(12)5-7-9/h4-7,10,13H,2-3,12H2,1H3,(H,14,15). The molecule has 0 saturated heterocycles. The summed E-state index contributed by atoms with van der Waals surface area (Å²) in [6, 6.07) is 4.46. The highest BCUT2D eigenvalue weighted by Gasteiger charge is 2.24. The summed E-state index contributed by atoms with van der Waals surface area (Å²) in [7, 11) is -3.83. The first kappa shape index (κ1) is 14.5. The summed E-state index contributed by atoms with van der Waals surface area (Å²) in [4.78, 5) is 10.9. The summed E-state index contributed by atoms with van der Waals surface area (Å²) in [6.07, 6.45) is 0.810. The number of hydrogen-bond acceptors (Lipinski definition) is 4. The lowest BCUT2D eigenvalue weighted by molar-refractivity contribution is -0.139. The van der Waals surface area contributed by atoms with Crippen LogP contribution >= 0.6 is 0 Å². The average molecular weight is 272 g/mol. The van der Waals surface area contributed by atoms with Crippen LogP contribution in [0.15, 0.2) is 29.2 Å². The van der Waals surface area contributed by atoms with Gasteiger partial charge in [0.05, 0.1) is 4.90 Å². The number of sulfonamides is 1. The Labute approximate surface area is 106 Å². The van der Waals surface area contributed by atoms with Crippen molar-refractivity contribution in [3.05, 3.63) is 24.3 Å². The minimum absolute atomic E-state index is 0.000877. The predicted octanol–water partition coefficient (Wildman–Crippen LogP) is 0.800. The van der Waals surface area contributed by atoms with E-state index < -0.39 is 22.0 Å². The maximum absolute atomic E-state index is 11.9. The number of anilines is 1. The summed E-state index contributed by atoms with van der Waals surface area (Å²) < 4.78 is 26.0. The van der Waals surface area contributed by atoms with E-state index in [1.54, 1.807) is 6.92 Å². The Bertz CT molecular complexity index is 510. The zero-order chi connectivity index (χ0) is 13.8. The van der Waals surface area contributed by atoms with Crippen LogP contribution in [-0.2, 0) is 14.8 Å². The first-order chi connectivity index (χ1) is 8.36. The van der Waals surface area contributed by atoms with Crippen LogP contribution in [0, 0.1) is 0 Å². The molecule has 100 valence electrons. The highest BCUT2D eigenvalue weighted by Crippen LogP contribution is 2.13. The first-order valence-electron chi connectivity index (χ1n) is 5.47. The van der Waals surface area contributed by atoms with E-state index in [2.05, 4.69) is 4.72 Å². The van der Waals surface area contributed by atoms with Gasteiger partial charge in [-0.1, -0.05) is 13.3 Å². The number of carboxylic acid groups (broad SMARTS) is 1. The van der Waals surface area contributed by atoms with E-state index in [9.17, 15) is 13.2 Å². The van der Waals surface area contributed by atoms with Crippen LogP contribution in [0.1, 0.15) is 19.8 Å². The van der Waals surface area contributed by atoms with Gasteiger partial charge in [0.1, 0.15) is 6.04 Å². The summed E-state index contributed by atoms with van der Waals surface area (Å²) >= 11 is 0. The minimum atomic E-state index is -3.83. The number of carbonyl (C=O) groups is 1. The third-order valence-electron chi connectivity index (χ3n) is 2.36. The molecule has 0 heterocycles. The van der Waals surface area contributed by atoms with Gasteiger partial charge in [-0.3, -0.25) is 4.79 Å². The van der Waals surface area contributed by atoms with Crippen molar-refractivity contribution < 1.29 is 18.3 Å². The molecule has 6 nitrogen and oxygen atoms in total. The van der Waals surface area contributed by atoms with Gasteiger partial charge < -0.3 is 10.8 Å². The van der Waals surface area contributed by atoms with Gasteiger partial charge in [-0.05, 0) is 30.7 Å². The third-order valence-corrected chi connectivity index (χ3v) is 3.85. The van der Waals surface area contributed by atoms with Crippen LogP contribution in [0.5, 0.6) is 0 Å². The molecule has 0 spiro atoms. The van der Waals surface area contributed by atoms with Gasteiger partial charge >= 0.3 is 5.97 Å². The van der Waals surface area contributed by atoms with Gasteiger partial charge in [-0.2, -0.15) is 4.72 Å². The Kier molecular flexibility index (Phi) is 4.69. The van der Waals surface area contributed by atoms with Crippen LogP contribution in [0.4, 0.5) is 5.69 Å². The molecular formula is C11H16N2O4S. The van der Waals surface area contributed by atoms with E-state index in [0.29, 0.717) is 12.1 Å². The molecule has 0 aliphatic rings. The fourth-order valence-corrected chi connectivity index (χ4v) is 2.65. The molecule has 1 atom stereocenters. The van der Waals surface area contributed by atoms with Crippen molar-refractivity contribution in [2.45, 2.75) is 30.7 Å². The summed E-state index contributed by atoms with van der Waals surface area (Å²) in [5.74, 6) is -1.18. The quantitative estimate of drug-likeness (QED) is 0.663. The van der Waals surface area contributed by atoms with E-state index in [-0.39, 0.29) is 11.3 Å². The molecule has 4 N–H and O–H groups in total. The number of nitrogens with one attached hydrogen (secondary N) is 1. The topological polar surface area (TPSA) is 109 Å². The summed E-state index contributed by atoms with van der Waals surface area (Å²) in [6.45, 7) is 1.79. The van der Waals surface area contributed by atoms with Gasteiger partial charge in [0.2, 0.25) is 10.0 Å². The molecule has 7 heteroatoms. The number of hydrogen-bond donors (Lipinski definition) is 3. The number of nitrogens with two attached hydrogens (primary N) is 1. The lowest BCUT2D eigenvalue weighted by atomic mass is 10.2. The molecule has 1 aromatic carbocycles. The van der Waals surface area contributed by atoms with Crippen LogP contribution in [0.3, 0.4) is 0 Å². The second-order valence-corrected chi connectivity index (χ2v) is 5.58. The molecule has 0 bridgehead atoms. The Hall–Kier alpha value is -1.60. The molecule has 0 radical (unpaired) electrons. The highest BCUT2D eigenvalue weighted by molar-refractivity contribution is 7.89. The Morgan fingerprint density at radius 1 is 1.39 bits per heavy atom. The monoisotopic (exact) mass is 272 g/mol. The maximum atomic E-state index is 11.9. The van der Waals surface area contributed by atoms with Crippen LogP contribution < -0.4 is 10.5 Å². The predicted molar refractivity (Wildman–Crippen MR) is 67.5 cm³/mol. The molecule has 0 fully saturated rings. The fourth-order valence-electron chi connectivity index (χ4n) is 1.42. The Morgan fingerprint density at radius 3 is 2.39 bits per heavy atom. The maximum Gasteiger partial charge on any atom is 0.321 e. The van der Waals surface area contributed by atoms with E-state index in [1.165, 1.54) is 24.3 Å². The SMILES string of the molecule is CCCC(NS(=O)(=O)c1ccc(N)cc1)C(=O)O. The zero-order valence-electron chi connectivity index (χ0n) is 9.96. The molecule has 0 saturated carbocycles. The van der Waals surface area contributed by atoms with Gasteiger partial charge in [0.15, 0.2) is 0 Å². The molecule has 0 amide bonds. The summed E-state index contributed by atoms with van der Waals surface area (Å²) in [5, 5.41) is 8.91. The zero-order valence-corrected chi connectivity index (χ0v) is 10.8. The van der Waals surface area contributed by atoms with Crippen molar-refractivity contribution in [3.8, 4) is 0 Å². The van der Waals surface area contributed by atoms with E-state index in [0.717, 1.165) is 0 Å². The highest BCUT2D eigenvalue weighted by atomic mass is 32.2. The van der Waals surface area contributed by atoms with Crippen molar-refractivity contribution in [3.63, 3.8) is 0 Å². The van der Waals surface area contributed by atoms with Crippen molar-refractivity contribution >= 4 is 21.7 Å². The number of carboxylic acids is 1. The Balaban J connectivity index is 2.93. The largest absolute Gasteiger partial charge is 0.480 e. The smallest absolute Gasteiger partial charge is 0.321 e. The molecule has 1 aromatic rings. The second-order valence-electron chi connectivity index (χ2n) is 3.87. The molecule has 1 unspecified atom stereocenters. The van der Waals surface area contributed by atoms with Crippen molar-refractivity contribution in [1.82, 2.24) is 4.72 Å². The lowest BCUT2D eigenvalue weighted by Crippen LogP contribution is -2.40. The number of rotatable bonds is 6. The molecular weight excluding hydrogens is 256 g/mol. The minimum Gasteiger partial charge on any atom is -0.480 e. The van der Waals surface area contributed by atoms with Crippen LogP contribution in [0.25, 0.3) is 0 Å². The molecule has 0 aliphatic heterocycles. The molecule has 0 aromatic heterocycles. The van der Waals surface area contributed by atoms with Crippen LogP contribution in [0.2, 0.25) is 0 Å². The van der Waals surface area contributed by atoms with E-state index in [4.69, 9.17) is 10.8 Å². The van der Waals surface area contributed by atoms with Crippen molar-refractivity contribution in [1.29, 1.82) is 0 Å². The van der Waals surface area contributed by atoms with Gasteiger partial charge in [-0.25, -0.2) is 8.42 Å². The van der Waals surface area contributed by atoms with Crippen molar-refractivity contribution in [2.75, 3.05) is 5.73 Å². The number of nitrogen functional groups attached to an aromatic ring is 1. The van der Waals surface area contributed by atoms with Crippen LogP contribution in [-0.4, -0.2) is 25.5 Å². The van der Waals surface area contributed by atoms with E-state index >= 15 is 0 Å². The second kappa shape index (κ2) is 5.83. The van der Waals surface area contributed by atoms with E-state index in [1.807, 2.05) is 0 Å². The fraction of sp³-hybridized carbons (Fsp3) is 0.364.